The van der Waals surface area contributed by atoms with Gasteiger partial charge in [-0.25, -0.2) is 0 Å². The number of nitrogens with two attached hydrogens (primary N) is 1. The van der Waals surface area contributed by atoms with Crippen LogP contribution in [-0.4, -0.2) is 43.7 Å². The number of benzene rings is 1. The zero-order chi connectivity index (χ0) is 13.0. The van der Waals surface area contributed by atoms with Gasteiger partial charge in [-0.3, -0.25) is 4.79 Å². The highest BCUT2D eigenvalue weighted by atomic mass is 79.9. The average Bonchev–Trinajstić information content (AvgIpc) is 2.38. The second kappa shape index (κ2) is 6.06. The van der Waals surface area contributed by atoms with E-state index in [1.54, 1.807) is 17.0 Å². The van der Waals surface area contributed by atoms with Crippen molar-refractivity contribution in [1.29, 1.82) is 0 Å². The smallest absolute Gasteiger partial charge is 0.260 e. The van der Waals surface area contributed by atoms with Gasteiger partial charge in [-0.1, -0.05) is 15.9 Å². The van der Waals surface area contributed by atoms with Crippen molar-refractivity contribution >= 4 is 27.5 Å². The van der Waals surface area contributed by atoms with Crippen molar-refractivity contribution in [3.63, 3.8) is 0 Å². The molecule has 1 aromatic carbocycles. The highest BCUT2D eigenvalue weighted by Crippen LogP contribution is 2.25. The van der Waals surface area contributed by atoms with E-state index in [-0.39, 0.29) is 12.5 Å². The largest absolute Gasteiger partial charge is 0.482 e. The minimum atomic E-state index is -0.0411. The number of nitrogens with zero attached hydrogens (tertiary/aromatic N) is 1. The maximum atomic E-state index is 11.8. The lowest BCUT2D eigenvalue weighted by Crippen LogP contribution is -2.43. The zero-order valence-electron chi connectivity index (χ0n) is 9.89. The summed E-state index contributed by atoms with van der Waals surface area (Å²) in [6, 6.07) is 5.31. The number of hydrogen-bond donors (Lipinski definition) is 1. The van der Waals surface area contributed by atoms with E-state index < -0.39 is 0 Å². The first-order valence-corrected chi connectivity index (χ1v) is 6.49. The molecule has 5 nitrogen and oxygen atoms in total. The molecule has 0 unspecified atom stereocenters. The van der Waals surface area contributed by atoms with Crippen LogP contribution < -0.4 is 10.5 Å². The molecular formula is C12H15BrN2O3. The van der Waals surface area contributed by atoms with E-state index >= 15 is 0 Å². The van der Waals surface area contributed by atoms with E-state index in [0.717, 1.165) is 4.47 Å². The van der Waals surface area contributed by atoms with Crippen molar-refractivity contribution in [2.75, 3.05) is 38.6 Å². The van der Waals surface area contributed by atoms with Gasteiger partial charge < -0.3 is 20.1 Å². The molecule has 0 aliphatic carbocycles. The first-order chi connectivity index (χ1) is 8.66. The summed E-state index contributed by atoms with van der Waals surface area (Å²) in [6.45, 7) is 2.43. The Morgan fingerprint density at radius 2 is 2.17 bits per heavy atom. The topological polar surface area (TPSA) is 64.8 Å². The second-order valence-corrected chi connectivity index (χ2v) is 4.88. The molecule has 1 aromatic rings. The number of hydrogen-bond acceptors (Lipinski definition) is 4. The van der Waals surface area contributed by atoms with Crippen LogP contribution in [0.4, 0.5) is 5.69 Å². The summed E-state index contributed by atoms with van der Waals surface area (Å²) in [7, 11) is 0. The molecule has 1 saturated heterocycles. The molecule has 1 aliphatic heterocycles. The van der Waals surface area contributed by atoms with Gasteiger partial charge in [0.1, 0.15) is 5.75 Å². The minimum absolute atomic E-state index is 0.00579. The van der Waals surface area contributed by atoms with Gasteiger partial charge in [0.25, 0.3) is 5.91 Å². The van der Waals surface area contributed by atoms with Gasteiger partial charge in [0.15, 0.2) is 6.61 Å². The predicted octanol–water partition coefficient (Wildman–Crippen LogP) is 1.27. The third-order valence-corrected chi connectivity index (χ3v) is 3.18. The summed E-state index contributed by atoms with van der Waals surface area (Å²) in [5.41, 5.74) is 6.30. The Balaban J connectivity index is 1.88. The minimum Gasteiger partial charge on any atom is -0.482 e. The molecule has 1 heterocycles. The Labute approximate surface area is 114 Å². The Morgan fingerprint density at radius 1 is 1.44 bits per heavy atom. The molecule has 2 rings (SSSR count). The number of carbonyl (C=O) groups excluding carboxylic acids is 1. The van der Waals surface area contributed by atoms with Gasteiger partial charge in [-0.05, 0) is 18.2 Å². The lowest BCUT2D eigenvalue weighted by atomic mass is 10.3. The van der Waals surface area contributed by atoms with Gasteiger partial charge in [0, 0.05) is 17.6 Å². The van der Waals surface area contributed by atoms with Crippen LogP contribution in [0.25, 0.3) is 0 Å². The van der Waals surface area contributed by atoms with E-state index in [4.69, 9.17) is 15.2 Å². The van der Waals surface area contributed by atoms with Crippen LogP contribution >= 0.6 is 15.9 Å². The molecule has 0 aromatic heterocycles. The maximum Gasteiger partial charge on any atom is 0.260 e. The Kier molecular flexibility index (Phi) is 4.43. The van der Waals surface area contributed by atoms with Crippen molar-refractivity contribution in [3.8, 4) is 5.75 Å². The lowest BCUT2D eigenvalue weighted by molar-refractivity contribution is -0.137. The first-order valence-electron chi connectivity index (χ1n) is 5.70. The maximum absolute atomic E-state index is 11.8. The Bertz CT molecular complexity index is 433. The highest BCUT2D eigenvalue weighted by molar-refractivity contribution is 9.10. The van der Waals surface area contributed by atoms with Crippen LogP contribution in [0.5, 0.6) is 5.75 Å². The molecular weight excluding hydrogens is 300 g/mol. The molecule has 98 valence electrons. The molecule has 0 saturated carbocycles. The van der Waals surface area contributed by atoms with Gasteiger partial charge in [-0.2, -0.15) is 0 Å². The lowest BCUT2D eigenvalue weighted by Gasteiger charge is -2.26. The summed E-state index contributed by atoms with van der Waals surface area (Å²) in [4.78, 5) is 13.6. The SMILES string of the molecule is Nc1cc(Br)ccc1OCC(=O)N1CCOCC1. The fourth-order valence-corrected chi connectivity index (χ4v) is 2.07. The third kappa shape index (κ3) is 3.36. The van der Waals surface area contributed by atoms with Crippen LogP contribution in [0.1, 0.15) is 0 Å². The summed E-state index contributed by atoms with van der Waals surface area (Å²) in [5, 5.41) is 0. The monoisotopic (exact) mass is 314 g/mol. The molecule has 0 bridgehead atoms. The predicted molar refractivity (Wildman–Crippen MR) is 71.4 cm³/mol. The third-order valence-electron chi connectivity index (χ3n) is 2.69. The van der Waals surface area contributed by atoms with Gasteiger partial charge in [0.2, 0.25) is 0 Å². The van der Waals surface area contributed by atoms with E-state index in [1.807, 2.05) is 6.07 Å². The zero-order valence-corrected chi connectivity index (χ0v) is 11.5. The molecule has 1 aliphatic rings. The average molecular weight is 315 g/mol. The molecule has 18 heavy (non-hydrogen) atoms. The normalized spacial score (nSPS) is 15.5. The molecule has 6 heteroatoms. The van der Waals surface area contributed by atoms with E-state index in [9.17, 15) is 4.79 Å². The van der Waals surface area contributed by atoms with Gasteiger partial charge >= 0.3 is 0 Å². The van der Waals surface area contributed by atoms with E-state index in [1.165, 1.54) is 0 Å². The quantitative estimate of drug-likeness (QED) is 0.853. The van der Waals surface area contributed by atoms with Crippen molar-refractivity contribution in [2.45, 2.75) is 0 Å². The molecule has 0 spiro atoms. The highest BCUT2D eigenvalue weighted by Gasteiger charge is 2.17. The summed E-state index contributed by atoms with van der Waals surface area (Å²) in [5.74, 6) is 0.487. The van der Waals surface area contributed by atoms with Crippen LogP contribution in [0.3, 0.4) is 0 Å². The number of amides is 1. The van der Waals surface area contributed by atoms with Crippen LogP contribution in [0, 0.1) is 0 Å². The Morgan fingerprint density at radius 3 is 2.83 bits per heavy atom. The van der Waals surface area contributed by atoms with Gasteiger partial charge in [0.05, 0.1) is 18.9 Å². The fourth-order valence-electron chi connectivity index (χ4n) is 1.69. The number of rotatable bonds is 3. The van der Waals surface area contributed by atoms with Crippen molar-refractivity contribution < 1.29 is 14.3 Å². The fraction of sp³-hybridized carbons (Fsp3) is 0.417. The van der Waals surface area contributed by atoms with Crippen molar-refractivity contribution in [1.82, 2.24) is 4.90 Å². The van der Waals surface area contributed by atoms with Crippen LogP contribution in [-0.2, 0) is 9.53 Å². The number of anilines is 1. The standard InChI is InChI=1S/C12H15BrN2O3/c13-9-1-2-11(10(14)7-9)18-8-12(16)15-3-5-17-6-4-15/h1-2,7H,3-6,8,14H2. The van der Waals surface area contributed by atoms with E-state index in [0.29, 0.717) is 37.7 Å². The molecule has 1 amide bonds. The molecule has 1 fully saturated rings. The number of morpholine rings is 1. The number of ether oxygens (including phenoxy) is 2. The van der Waals surface area contributed by atoms with Crippen LogP contribution in [0.2, 0.25) is 0 Å². The molecule has 0 atom stereocenters. The Hall–Kier alpha value is -1.27. The summed E-state index contributed by atoms with van der Waals surface area (Å²) in [6.07, 6.45) is 0. The molecule has 2 N–H and O–H groups in total. The summed E-state index contributed by atoms with van der Waals surface area (Å²) >= 11 is 3.31. The van der Waals surface area contributed by atoms with E-state index in [2.05, 4.69) is 15.9 Å². The number of nitrogen functional groups attached to an aromatic ring is 1. The van der Waals surface area contributed by atoms with Crippen LogP contribution in [0.15, 0.2) is 22.7 Å². The molecule has 0 radical (unpaired) electrons. The first kappa shape index (κ1) is 13.2. The van der Waals surface area contributed by atoms with Crippen molar-refractivity contribution in [3.05, 3.63) is 22.7 Å². The number of carbonyl (C=O) groups is 1. The van der Waals surface area contributed by atoms with Gasteiger partial charge in [-0.15, -0.1) is 0 Å². The second-order valence-electron chi connectivity index (χ2n) is 3.96. The van der Waals surface area contributed by atoms with Crippen molar-refractivity contribution in [2.24, 2.45) is 0 Å². The number of halogens is 1. The summed E-state index contributed by atoms with van der Waals surface area (Å²) < 4.78 is 11.5.